The van der Waals surface area contributed by atoms with Gasteiger partial charge < -0.3 is 9.73 Å². The van der Waals surface area contributed by atoms with E-state index in [9.17, 15) is 8.42 Å². The average molecular weight is 312 g/mol. The summed E-state index contributed by atoms with van der Waals surface area (Å²) in [6.45, 7) is 4.82. The van der Waals surface area contributed by atoms with Gasteiger partial charge in [-0.25, -0.2) is 13.1 Å². The molecule has 0 aliphatic heterocycles. The van der Waals surface area contributed by atoms with Crippen LogP contribution in [0.1, 0.15) is 51.7 Å². The fraction of sp³-hybridized carbons (Fsp3) is 0.733. The Morgan fingerprint density at radius 1 is 1.29 bits per heavy atom. The van der Waals surface area contributed by atoms with Gasteiger partial charge in [-0.05, 0) is 43.2 Å². The molecule has 0 aromatic carbocycles. The Kier molecular flexibility index (Phi) is 3.88. The van der Waals surface area contributed by atoms with Crippen LogP contribution in [0.5, 0.6) is 0 Å². The summed E-state index contributed by atoms with van der Waals surface area (Å²) >= 11 is 0. The lowest BCUT2D eigenvalue weighted by Crippen LogP contribution is -2.41. The summed E-state index contributed by atoms with van der Waals surface area (Å²) in [7, 11) is -3.56. The van der Waals surface area contributed by atoms with E-state index in [-0.39, 0.29) is 16.5 Å². The SMILES string of the molecule is CC1(C)CCCC1NS(=O)(=O)c1ccc(CNC2CC2)o1. The third kappa shape index (κ3) is 3.49. The van der Waals surface area contributed by atoms with Crippen molar-refractivity contribution in [3.63, 3.8) is 0 Å². The van der Waals surface area contributed by atoms with Crippen LogP contribution in [0, 0.1) is 5.41 Å². The molecule has 0 bridgehead atoms. The van der Waals surface area contributed by atoms with Crippen molar-refractivity contribution < 1.29 is 12.8 Å². The number of furan rings is 1. The van der Waals surface area contributed by atoms with Crippen molar-refractivity contribution in [2.75, 3.05) is 0 Å². The molecule has 6 heteroatoms. The molecule has 118 valence electrons. The normalized spacial score (nSPS) is 25.3. The summed E-state index contributed by atoms with van der Waals surface area (Å²) in [6, 6.07) is 3.85. The van der Waals surface area contributed by atoms with Crippen LogP contribution in [0.4, 0.5) is 0 Å². The largest absolute Gasteiger partial charge is 0.447 e. The lowest BCUT2D eigenvalue weighted by molar-refractivity contribution is 0.309. The minimum Gasteiger partial charge on any atom is -0.447 e. The van der Waals surface area contributed by atoms with Gasteiger partial charge in [0.15, 0.2) is 0 Å². The maximum absolute atomic E-state index is 12.4. The van der Waals surface area contributed by atoms with Crippen molar-refractivity contribution in [3.8, 4) is 0 Å². The number of rotatable bonds is 6. The highest BCUT2D eigenvalue weighted by Gasteiger charge is 2.38. The van der Waals surface area contributed by atoms with E-state index in [0.29, 0.717) is 18.3 Å². The topological polar surface area (TPSA) is 71.3 Å². The monoisotopic (exact) mass is 312 g/mol. The third-order valence-corrected chi connectivity index (χ3v) is 5.94. The molecule has 1 atom stereocenters. The molecule has 1 unspecified atom stereocenters. The Labute approximate surface area is 126 Å². The van der Waals surface area contributed by atoms with E-state index in [1.165, 1.54) is 12.8 Å². The van der Waals surface area contributed by atoms with E-state index in [2.05, 4.69) is 23.9 Å². The van der Waals surface area contributed by atoms with Gasteiger partial charge in [0, 0.05) is 12.1 Å². The molecule has 3 rings (SSSR count). The maximum Gasteiger partial charge on any atom is 0.274 e. The van der Waals surface area contributed by atoms with Crippen LogP contribution in [0.3, 0.4) is 0 Å². The second-order valence-corrected chi connectivity index (χ2v) is 8.58. The van der Waals surface area contributed by atoms with Crippen LogP contribution in [0.25, 0.3) is 0 Å². The molecule has 2 N–H and O–H groups in total. The molecular formula is C15H24N2O3S. The molecule has 1 aromatic heterocycles. The summed E-state index contributed by atoms with van der Waals surface area (Å²) in [5.74, 6) is 0.674. The molecule has 5 nitrogen and oxygen atoms in total. The van der Waals surface area contributed by atoms with Crippen molar-refractivity contribution in [2.24, 2.45) is 5.41 Å². The zero-order valence-corrected chi connectivity index (χ0v) is 13.5. The molecule has 0 radical (unpaired) electrons. The zero-order valence-electron chi connectivity index (χ0n) is 12.7. The summed E-state index contributed by atoms with van der Waals surface area (Å²) in [5, 5.41) is 3.34. The lowest BCUT2D eigenvalue weighted by atomic mass is 9.88. The summed E-state index contributed by atoms with van der Waals surface area (Å²) in [6.07, 6.45) is 5.40. The third-order valence-electron chi connectivity index (χ3n) is 4.60. The first kappa shape index (κ1) is 15.1. The average Bonchev–Trinajstić information content (AvgIpc) is 3.00. The van der Waals surface area contributed by atoms with Crippen LogP contribution in [0.15, 0.2) is 21.6 Å². The second kappa shape index (κ2) is 5.41. The molecule has 0 saturated heterocycles. The highest BCUT2D eigenvalue weighted by atomic mass is 32.2. The van der Waals surface area contributed by atoms with Gasteiger partial charge in [-0.1, -0.05) is 20.3 Å². The predicted octanol–water partition coefficient (Wildman–Crippen LogP) is 2.39. The fourth-order valence-electron chi connectivity index (χ4n) is 2.92. The Bertz CT molecular complexity index is 602. The summed E-state index contributed by atoms with van der Waals surface area (Å²) in [5.41, 5.74) is 0.00994. The first-order valence-corrected chi connectivity index (χ1v) is 9.20. The highest BCUT2D eigenvalue weighted by molar-refractivity contribution is 7.89. The van der Waals surface area contributed by atoms with Gasteiger partial charge in [0.1, 0.15) is 5.76 Å². The Morgan fingerprint density at radius 3 is 2.67 bits per heavy atom. The van der Waals surface area contributed by atoms with Crippen LogP contribution >= 0.6 is 0 Å². The van der Waals surface area contributed by atoms with Gasteiger partial charge in [-0.2, -0.15) is 0 Å². The number of nitrogens with one attached hydrogen (secondary N) is 2. The van der Waals surface area contributed by atoms with E-state index >= 15 is 0 Å². The number of hydrogen-bond acceptors (Lipinski definition) is 4. The van der Waals surface area contributed by atoms with Gasteiger partial charge in [-0.3, -0.25) is 0 Å². The van der Waals surface area contributed by atoms with E-state index in [1.807, 2.05) is 0 Å². The lowest BCUT2D eigenvalue weighted by Gasteiger charge is -2.27. The number of hydrogen-bond donors (Lipinski definition) is 2. The standard InChI is InChI=1S/C15H24N2O3S/c1-15(2)9-3-4-13(15)17-21(18,19)14-8-7-12(20-14)10-16-11-5-6-11/h7-8,11,13,16-17H,3-6,9-10H2,1-2H3. The first-order valence-electron chi connectivity index (χ1n) is 7.71. The number of sulfonamides is 1. The van der Waals surface area contributed by atoms with Crippen LogP contribution < -0.4 is 10.0 Å². The van der Waals surface area contributed by atoms with Crippen molar-refractivity contribution in [1.82, 2.24) is 10.0 Å². The molecule has 0 spiro atoms. The summed E-state index contributed by atoms with van der Waals surface area (Å²) < 4.78 is 33.1. The van der Waals surface area contributed by atoms with E-state index in [4.69, 9.17) is 4.42 Å². The molecular weight excluding hydrogens is 288 g/mol. The summed E-state index contributed by atoms with van der Waals surface area (Å²) in [4.78, 5) is 0. The molecule has 21 heavy (non-hydrogen) atoms. The van der Waals surface area contributed by atoms with Crippen LogP contribution in [-0.2, 0) is 16.6 Å². The molecule has 0 amide bonds. The molecule has 2 fully saturated rings. The second-order valence-electron chi connectivity index (χ2n) is 6.93. The van der Waals surface area contributed by atoms with Crippen molar-refractivity contribution in [3.05, 3.63) is 17.9 Å². The van der Waals surface area contributed by atoms with Crippen molar-refractivity contribution in [1.29, 1.82) is 0 Å². The van der Waals surface area contributed by atoms with Gasteiger partial charge >= 0.3 is 0 Å². The Morgan fingerprint density at radius 2 is 2.05 bits per heavy atom. The Balaban J connectivity index is 1.66. The molecule has 2 saturated carbocycles. The van der Waals surface area contributed by atoms with Crippen LogP contribution in [0.2, 0.25) is 0 Å². The first-order chi connectivity index (χ1) is 9.87. The van der Waals surface area contributed by atoms with Gasteiger partial charge in [0.2, 0.25) is 5.09 Å². The molecule has 2 aliphatic carbocycles. The molecule has 1 heterocycles. The fourth-order valence-corrected chi connectivity index (χ4v) is 4.31. The van der Waals surface area contributed by atoms with Gasteiger partial charge in [0.05, 0.1) is 6.54 Å². The minimum atomic E-state index is -3.56. The van der Waals surface area contributed by atoms with Crippen molar-refractivity contribution >= 4 is 10.0 Å². The smallest absolute Gasteiger partial charge is 0.274 e. The van der Waals surface area contributed by atoms with Crippen molar-refractivity contribution in [2.45, 2.75) is 69.7 Å². The minimum absolute atomic E-state index is 0.00994. The Hall–Kier alpha value is -0.850. The molecule has 2 aliphatic rings. The van der Waals surface area contributed by atoms with Crippen LogP contribution in [-0.4, -0.2) is 20.5 Å². The van der Waals surface area contributed by atoms with Gasteiger partial charge in [0.25, 0.3) is 10.0 Å². The predicted molar refractivity (Wildman–Crippen MR) is 80.3 cm³/mol. The maximum atomic E-state index is 12.4. The highest BCUT2D eigenvalue weighted by Crippen LogP contribution is 2.38. The van der Waals surface area contributed by atoms with Gasteiger partial charge in [-0.15, -0.1) is 0 Å². The van der Waals surface area contributed by atoms with E-state index < -0.39 is 10.0 Å². The quantitative estimate of drug-likeness (QED) is 0.846. The molecule has 1 aromatic rings. The van der Waals surface area contributed by atoms with E-state index in [0.717, 1.165) is 19.3 Å². The van der Waals surface area contributed by atoms with E-state index in [1.54, 1.807) is 12.1 Å². The zero-order chi connectivity index (χ0) is 15.1.